The summed E-state index contributed by atoms with van der Waals surface area (Å²) >= 11 is 0. The number of nitrogens with two attached hydrogens (primary N) is 2. The molecule has 0 radical (unpaired) electrons. The fraction of sp³-hybridized carbons (Fsp3) is 0.348. The molecule has 5 nitrogen and oxygen atoms in total. The zero-order chi connectivity index (χ0) is 20.1. The monoisotopic (exact) mass is 380 g/mol. The van der Waals surface area contributed by atoms with Gasteiger partial charge in [-0.25, -0.2) is 0 Å². The van der Waals surface area contributed by atoms with Gasteiger partial charge in [0.25, 0.3) is 0 Å². The first-order valence-electron chi connectivity index (χ1n) is 9.84. The van der Waals surface area contributed by atoms with Crippen molar-refractivity contribution in [1.29, 1.82) is 0 Å². The fourth-order valence-electron chi connectivity index (χ4n) is 3.40. The number of rotatable bonds is 9. The Balaban J connectivity index is 1.97. The second-order valence-corrected chi connectivity index (χ2v) is 7.13. The van der Waals surface area contributed by atoms with Crippen LogP contribution in [-0.2, 0) is 0 Å². The van der Waals surface area contributed by atoms with Crippen molar-refractivity contribution < 1.29 is 13.9 Å². The Bertz CT molecular complexity index is 944. The van der Waals surface area contributed by atoms with Crippen LogP contribution in [0.2, 0.25) is 0 Å². The Morgan fingerprint density at radius 3 is 2.61 bits per heavy atom. The predicted molar refractivity (Wildman–Crippen MR) is 113 cm³/mol. The summed E-state index contributed by atoms with van der Waals surface area (Å²) in [5.41, 5.74) is 14.0. The van der Waals surface area contributed by atoms with Gasteiger partial charge in [-0.3, -0.25) is 4.79 Å². The number of ketones is 1. The number of carbonyl (C=O) groups excluding carboxylic acids is 1. The van der Waals surface area contributed by atoms with Gasteiger partial charge in [0.2, 0.25) is 0 Å². The first-order chi connectivity index (χ1) is 13.5. The van der Waals surface area contributed by atoms with Crippen LogP contribution in [0, 0.1) is 0 Å². The van der Waals surface area contributed by atoms with Crippen LogP contribution in [0.1, 0.15) is 60.7 Å². The molecule has 0 saturated heterocycles. The maximum absolute atomic E-state index is 13.4. The molecule has 1 atom stereocenters. The third-order valence-corrected chi connectivity index (χ3v) is 4.87. The average molecular weight is 380 g/mol. The van der Waals surface area contributed by atoms with Gasteiger partial charge in [-0.1, -0.05) is 20.3 Å². The smallest absolute Gasteiger partial charge is 0.197 e. The van der Waals surface area contributed by atoms with E-state index in [9.17, 15) is 4.79 Å². The van der Waals surface area contributed by atoms with Crippen molar-refractivity contribution in [3.63, 3.8) is 0 Å². The molecule has 1 unspecified atom stereocenters. The number of anilines is 1. The molecular weight excluding hydrogens is 352 g/mol. The van der Waals surface area contributed by atoms with Gasteiger partial charge in [-0.05, 0) is 61.9 Å². The number of ether oxygens (including phenoxy) is 1. The van der Waals surface area contributed by atoms with E-state index < -0.39 is 0 Å². The van der Waals surface area contributed by atoms with Gasteiger partial charge in [0, 0.05) is 22.6 Å². The summed E-state index contributed by atoms with van der Waals surface area (Å²) in [7, 11) is 0. The summed E-state index contributed by atoms with van der Waals surface area (Å²) in [5.74, 6) is 1.55. The highest BCUT2D eigenvalue weighted by Crippen LogP contribution is 2.35. The van der Waals surface area contributed by atoms with Gasteiger partial charge < -0.3 is 20.6 Å². The van der Waals surface area contributed by atoms with Gasteiger partial charge in [0.05, 0.1) is 12.2 Å². The molecule has 0 bridgehead atoms. The molecule has 0 saturated carbocycles. The molecule has 28 heavy (non-hydrogen) atoms. The summed E-state index contributed by atoms with van der Waals surface area (Å²) in [6.45, 7) is 5.37. The highest BCUT2D eigenvalue weighted by Gasteiger charge is 2.25. The number of carbonyl (C=O) groups is 1. The molecule has 3 aromatic rings. The number of benzene rings is 2. The first kappa shape index (κ1) is 20.0. The second kappa shape index (κ2) is 8.93. The maximum Gasteiger partial charge on any atom is 0.197 e. The quantitative estimate of drug-likeness (QED) is 0.314. The molecule has 0 aliphatic rings. The lowest BCUT2D eigenvalue weighted by Gasteiger charge is -2.10. The number of furan rings is 1. The van der Waals surface area contributed by atoms with Crippen LogP contribution >= 0.6 is 0 Å². The minimum absolute atomic E-state index is 0.0594. The number of hydrogen-bond donors (Lipinski definition) is 2. The molecule has 0 fully saturated rings. The molecule has 1 aromatic heterocycles. The third kappa shape index (κ3) is 4.20. The Labute approximate surface area is 165 Å². The zero-order valence-electron chi connectivity index (χ0n) is 16.5. The van der Waals surface area contributed by atoms with E-state index in [0.717, 1.165) is 36.2 Å². The lowest BCUT2D eigenvalue weighted by Crippen LogP contribution is -2.07. The van der Waals surface area contributed by atoms with E-state index in [0.29, 0.717) is 35.5 Å². The van der Waals surface area contributed by atoms with Crippen LogP contribution in [0.4, 0.5) is 5.69 Å². The number of nitrogen functional groups attached to an aromatic ring is 1. The molecule has 0 spiro atoms. The standard InChI is InChI=1S/C23H28N2O3/c1-3-5-15(2)23-21(19-14-17(25)8-11-20(19)28-23)22(26)16-6-9-18(10-7-16)27-13-4-12-24/h6-11,14-15H,3-5,12-13,24-25H2,1-2H3. The molecule has 0 aliphatic carbocycles. The molecule has 2 aromatic carbocycles. The van der Waals surface area contributed by atoms with Gasteiger partial charge >= 0.3 is 0 Å². The Hall–Kier alpha value is -2.79. The molecule has 4 N–H and O–H groups in total. The van der Waals surface area contributed by atoms with E-state index in [1.807, 2.05) is 24.3 Å². The van der Waals surface area contributed by atoms with E-state index in [1.54, 1.807) is 18.2 Å². The number of hydrogen-bond acceptors (Lipinski definition) is 5. The van der Waals surface area contributed by atoms with Crippen LogP contribution in [0.25, 0.3) is 11.0 Å². The molecule has 0 aliphatic heterocycles. The van der Waals surface area contributed by atoms with E-state index in [4.69, 9.17) is 20.6 Å². The predicted octanol–water partition coefficient (Wildman–Crippen LogP) is 4.88. The summed E-state index contributed by atoms with van der Waals surface area (Å²) in [6.07, 6.45) is 2.76. The first-order valence-corrected chi connectivity index (χ1v) is 9.84. The van der Waals surface area contributed by atoms with Gasteiger partial charge in [-0.15, -0.1) is 0 Å². The zero-order valence-corrected chi connectivity index (χ0v) is 16.5. The van der Waals surface area contributed by atoms with Crippen molar-refractivity contribution in [2.24, 2.45) is 5.73 Å². The largest absolute Gasteiger partial charge is 0.494 e. The highest BCUT2D eigenvalue weighted by molar-refractivity contribution is 6.17. The Kier molecular flexibility index (Phi) is 6.37. The van der Waals surface area contributed by atoms with E-state index in [2.05, 4.69) is 13.8 Å². The molecule has 1 heterocycles. The minimum Gasteiger partial charge on any atom is -0.494 e. The number of fused-ring (bicyclic) bond motifs is 1. The summed E-state index contributed by atoms with van der Waals surface area (Å²) < 4.78 is 11.7. The highest BCUT2D eigenvalue weighted by atomic mass is 16.5. The molecule has 0 amide bonds. The normalized spacial score (nSPS) is 12.2. The molecule has 5 heteroatoms. The third-order valence-electron chi connectivity index (χ3n) is 4.87. The van der Waals surface area contributed by atoms with E-state index in [1.165, 1.54) is 0 Å². The SMILES string of the molecule is CCCC(C)c1oc2ccc(N)cc2c1C(=O)c1ccc(OCCCN)cc1. The van der Waals surface area contributed by atoms with Crippen LogP contribution < -0.4 is 16.2 Å². The van der Waals surface area contributed by atoms with Crippen molar-refractivity contribution in [2.75, 3.05) is 18.9 Å². The van der Waals surface area contributed by atoms with Crippen molar-refractivity contribution in [3.05, 3.63) is 59.4 Å². The van der Waals surface area contributed by atoms with Crippen molar-refractivity contribution in [2.45, 2.75) is 39.0 Å². The van der Waals surface area contributed by atoms with Crippen LogP contribution in [-0.4, -0.2) is 18.9 Å². The molecule has 148 valence electrons. The summed E-state index contributed by atoms with van der Waals surface area (Å²) in [5, 5.41) is 0.770. The van der Waals surface area contributed by atoms with Gasteiger partial charge in [-0.2, -0.15) is 0 Å². The van der Waals surface area contributed by atoms with Crippen molar-refractivity contribution >= 4 is 22.4 Å². The summed E-state index contributed by atoms with van der Waals surface area (Å²) in [4.78, 5) is 13.4. The van der Waals surface area contributed by atoms with E-state index in [-0.39, 0.29) is 11.7 Å². The minimum atomic E-state index is -0.0594. The van der Waals surface area contributed by atoms with Crippen LogP contribution in [0.5, 0.6) is 5.75 Å². The Morgan fingerprint density at radius 1 is 1.18 bits per heavy atom. The fourth-order valence-corrected chi connectivity index (χ4v) is 3.40. The lowest BCUT2D eigenvalue weighted by molar-refractivity contribution is 0.103. The maximum atomic E-state index is 13.4. The topological polar surface area (TPSA) is 91.5 Å². The molecular formula is C23H28N2O3. The van der Waals surface area contributed by atoms with Gasteiger partial charge in [0.15, 0.2) is 5.78 Å². The van der Waals surface area contributed by atoms with Crippen molar-refractivity contribution in [1.82, 2.24) is 0 Å². The van der Waals surface area contributed by atoms with E-state index >= 15 is 0 Å². The van der Waals surface area contributed by atoms with Crippen LogP contribution in [0.15, 0.2) is 46.9 Å². The van der Waals surface area contributed by atoms with Crippen LogP contribution in [0.3, 0.4) is 0 Å². The summed E-state index contributed by atoms with van der Waals surface area (Å²) in [6, 6.07) is 12.7. The lowest BCUT2D eigenvalue weighted by atomic mass is 9.93. The molecule has 3 rings (SSSR count). The Morgan fingerprint density at radius 2 is 1.93 bits per heavy atom. The van der Waals surface area contributed by atoms with Crippen molar-refractivity contribution in [3.8, 4) is 5.75 Å². The average Bonchev–Trinajstić information content (AvgIpc) is 3.07. The van der Waals surface area contributed by atoms with Gasteiger partial charge in [0.1, 0.15) is 17.1 Å². The second-order valence-electron chi connectivity index (χ2n) is 7.13.